The first-order valence-electron chi connectivity index (χ1n) is 9.57. The zero-order valence-electron chi connectivity index (χ0n) is 16.2. The van der Waals surface area contributed by atoms with Crippen LogP contribution in [-0.2, 0) is 6.18 Å². The smallest absolute Gasteiger partial charge is 0.416 e. The Morgan fingerprint density at radius 3 is 2.43 bits per heavy atom. The molecular formula is C21H20ClF3N4O. The molecule has 0 amide bonds. The molecule has 1 unspecified atom stereocenters. The molecule has 0 saturated carbocycles. The van der Waals surface area contributed by atoms with Crippen LogP contribution >= 0.6 is 11.6 Å². The fourth-order valence-corrected chi connectivity index (χ4v) is 3.73. The van der Waals surface area contributed by atoms with E-state index < -0.39 is 11.7 Å². The summed E-state index contributed by atoms with van der Waals surface area (Å²) in [6.45, 7) is 4.55. The zero-order chi connectivity index (χ0) is 21.3. The van der Waals surface area contributed by atoms with Crippen LogP contribution in [0.4, 0.5) is 18.9 Å². The molecule has 1 saturated heterocycles. The Labute approximate surface area is 177 Å². The van der Waals surface area contributed by atoms with Crippen molar-refractivity contribution in [3.05, 3.63) is 65.0 Å². The summed E-state index contributed by atoms with van der Waals surface area (Å²) in [4.78, 5) is 4.14. The summed E-state index contributed by atoms with van der Waals surface area (Å²) in [7, 11) is 0. The van der Waals surface area contributed by atoms with Gasteiger partial charge in [-0.3, -0.25) is 4.90 Å². The molecule has 0 bridgehead atoms. The highest BCUT2D eigenvalue weighted by Gasteiger charge is 2.31. The van der Waals surface area contributed by atoms with Gasteiger partial charge in [0.05, 0.1) is 11.6 Å². The molecule has 0 N–H and O–H groups in total. The number of nitrogens with zero attached hydrogens (tertiary/aromatic N) is 4. The van der Waals surface area contributed by atoms with E-state index in [2.05, 4.69) is 15.1 Å². The Bertz CT molecular complexity index is 1020. The fourth-order valence-electron chi connectivity index (χ4n) is 3.54. The second kappa shape index (κ2) is 8.28. The van der Waals surface area contributed by atoms with Gasteiger partial charge in [0.2, 0.25) is 11.8 Å². The summed E-state index contributed by atoms with van der Waals surface area (Å²) in [5, 5.41) is 8.88. The highest BCUT2D eigenvalue weighted by atomic mass is 35.5. The van der Waals surface area contributed by atoms with E-state index >= 15 is 0 Å². The highest BCUT2D eigenvalue weighted by molar-refractivity contribution is 6.30. The monoisotopic (exact) mass is 436 g/mol. The fraction of sp³-hybridized carbons (Fsp3) is 0.333. The highest BCUT2D eigenvalue weighted by Crippen LogP contribution is 2.32. The molecule has 2 heterocycles. The Kier molecular flexibility index (Phi) is 5.71. The molecule has 0 aliphatic carbocycles. The molecule has 1 aliphatic rings. The van der Waals surface area contributed by atoms with Crippen molar-refractivity contribution in [2.45, 2.75) is 19.1 Å². The maximum Gasteiger partial charge on any atom is 0.416 e. The normalized spacial score (nSPS) is 16.6. The molecule has 4 rings (SSSR count). The van der Waals surface area contributed by atoms with Gasteiger partial charge >= 0.3 is 6.18 Å². The second-order valence-corrected chi connectivity index (χ2v) is 7.64. The van der Waals surface area contributed by atoms with E-state index in [0.717, 1.165) is 11.6 Å². The van der Waals surface area contributed by atoms with Crippen LogP contribution in [0, 0.1) is 0 Å². The van der Waals surface area contributed by atoms with Crippen molar-refractivity contribution in [1.29, 1.82) is 0 Å². The first-order valence-corrected chi connectivity index (χ1v) is 9.94. The standard InChI is InChI=1S/C21H20ClF3N4O/c1-14(19-26-27-20(30-19)15-4-2-6-17(22)12-15)28-8-10-29(11-9-28)18-7-3-5-16(13-18)21(23,24)25/h2-7,12-14H,8-11H2,1H3. The lowest BCUT2D eigenvalue weighted by Crippen LogP contribution is -2.47. The van der Waals surface area contributed by atoms with Crippen LogP contribution in [0.1, 0.15) is 24.4 Å². The number of anilines is 1. The van der Waals surface area contributed by atoms with E-state index in [4.69, 9.17) is 16.0 Å². The molecular weight excluding hydrogens is 417 g/mol. The van der Waals surface area contributed by atoms with Crippen molar-refractivity contribution in [1.82, 2.24) is 15.1 Å². The van der Waals surface area contributed by atoms with Gasteiger partial charge in [0.1, 0.15) is 0 Å². The van der Waals surface area contributed by atoms with Crippen molar-refractivity contribution in [2.75, 3.05) is 31.1 Å². The van der Waals surface area contributed by atoms with Gasteiger partial charge in [-0.2, -0.15) is 13.2 Å². The number of aromatic nitrogens is 2. The van der Waals surface area contributed by atoms with Crippen LogP contribution in [0.25, 0.3) is 11.5 Å². The number of rotatable bonds is 4. The van der Waals surface area contributed by atoms with E-state index in [0.29, 0.717) is 48.7 Å². The average Bonchev–Trinajstić information content (AvgIpc) is 3.23. The van der Waals surface area contributed by atoms with Crippen molar-refractivity contribution in [3.8, 4) is 11.5 Å². The first-order chi connectivity index (χ1) is 14.3. The Morgan fingerprint density at radius 2 is 1.73 bits per heavy atom. The maximum absolute atomic E-state index is 13.0. The third kappa shape index (κ3) is 4.44. The third-order valence-electron chi connectivity index (χ3n) is 5.27. The van der Waals surface area contributed by atoms with Gasteiger partial charge in [-0.25, -0.2) is 0 Å². The molecule has 30 heavy (non-hydrogen) atoms. The number of alkyl halides is 3. The molecule has 1 atom stereocenters. The molecule has 3 aromatic rings. The summed E-state index contributed by atoms with van der Waals surface area (Å²) < 4.78 is 44.8. The summed E-state index contributed by atoms with van der Waals surface area (Å²) >= 11 is 6.02. The molecule has 9 heteroatoms. The van der Waals surface area contributed by atoms with Crippen LogP contribution in [0.15, 0.2) is 52.9 Å². The van der Waals surface area contributed by atoms with Gasteiger partial charge in [-0.1, -0.05) is 23.7 Å². The van der Waals surface area contributed by atoms with Crippen LogP contribution in [-0.4, -0.2) is 41.3 Å². The topological polar surface area (TPSA) is 45.4 Å². The molecule has 0 spiro atoms. The largest absolute Gasteiger partial charge is 0.419 e. The van der Waals surface area contributed by atoms with Crippen LogP contribution in [0.3, 0.4) is 0 Å². The number of halogens is 4. The van der Waals surface area contributed by atoms with Crippen molar-refractivity contribution in [2.24, 2.45) is 0 Å². The quantitative estimate of drug-likeness (QED) is 0.556. The van der Waals surface area contributed by atoms with Crippen molar-refractivity contribution < 1.29 is 17.6 Å². The minimum Gasteiger partial charge on any atom is -0.419 e. The minimum atomic E-state index is -4.34. The molecule has 1 aromatic heterocycles. The van der Waals surface area contributed by atoms with Gasteiger partial charge in [0, 0.05) is 42.5 Å². The Morgan fingerprint density at radius 1 is 1.00 bits per heavy atom. The second-order valence-electron chi connectivity index (χ2n) is 7.20. The number of benzene rings is 2. The lowest BCUT2D eigenvalue weighted by molar-refractivity contribution is -0.137. The average molecular weight is 437 g/mol. The van der Waals surface area contributed by atoms with Gasteiger partial charge < -0.3 is 9.32 Å². The lowest BCUT2D eigenvalue weighted by Gasteiger charge is -2.38. The molecule has 5 nitrogen and oxygen atoms in total. The Balaban J connectivity index is 1.41. The van der Waals surface area contributed by atoms with Gasteiger partial charge in [-0.15, -0.1) is 10.2 Å². The predicted octanol–water partition coefficient (Wildman–Crippen LogP) is 5.29. The van der Waals surface area contributed by atoms with Crippen LogP contribution < -0.4 is 4.90 Å². The zero-order valence-corrected chi connectivity index (χ0v) is 17.0. The van der Waals surface area contributed by atoms with Crippen molar-refractivity contribution in [3.63, 3.8) is 0 Å². The van der Waals surface area contributed by atoms with E-state index in [1.54, 1.807) is 18.2 Å². The summed E-state index contributed by atoms with van der Waals surface area (Å²) in [5.74, 6) is 0.902. The molecule has 2 aromatic carbocycles. The summed E-state index contributed by atoms with van der Waals surface area (Å²) in [6, 6.07) is 12.6. The van der Waals surface area contributed by atoms with E-state index in [1.807, 2.05) is 24.0 Å². The summed E-state index contributed by atoms with van der Waals surface area (Å²) in [6.07, 6.45) is -4.34. The molecule has 158 valence electrons. The Hall–Kier alpha value is -2.58. The molecule has 1 fully saturated rings. The number of hydrogen-bond acceptors (Lipinski definition) is 5. The van der Waals surface area contributed by atoms with Gasteiger partial charge in [-0.05, 0) is 43.3 Å². The minimum absolute atomic E-state index is 0.103. The first kappa shape index (κ1) is 20.7. The third-order valence-corrected chi connectivity index (χ3v) is 5.51. The maximum atomic E-state index is 13.0. The van der Waals surface area contributed by atoms with E-state index in [-0.39, 0.29) is 6.04 Å². The predicted molar refractivity (Wildman–Crippen MR) is 108 cm³/mol. The number of piperazine rings is 1. The van der Waals surface area contributed by atoms with E-state index in [9.17, 15) is 13.2 Å². The molecule has 0 radical (unpaired) electrons. The van der Waals surface area contributed by atoms with Crippen LogP contribution in [0.2, 0.25) is 5.02 Å². The van der Waals surface area contributed by atoms with Gasteiger partial charge in [0.25, 0.3) is 0 Å². The van der Waals surface area contributed by atoms with Gasteiger partial charge in [0.15, 0.2) is 0 Å². The number of hydrogen-bond donors (Lipinski definition) is 0. The van der Waals surface area contributed by atoms with E-state index in [1.165, 1.54) is 12.1 Å². The van der Waals surface area contributed by atoms with Crippen molar-refractivity contribution >= 4 is 17.3 Å². The SMILES string of the molecule is CC(c1nnc(-c2cccc(Cl)c2)o1)N1CCN(c2cccc(C(F)(F)F)c2)CC1. The summed E-state index contributed by atoms with van der Waals surface area (Å²) in [5.41, 5.74) is 0.705. The lowest BCUT2D eigenvalue weighted by atomic mass is 10.1. The molecule has 1 aliphatic heterocycles. The van der Waals surface area contributed by atoms with Crippen LogP contribution in [0.5, 0.6) is 0 Å².